The molecular weight excluding hydrogens is 212 g/mol. The molecule has 0 saturated carbocycles. The van der Waals surface area contributed by atoms with Crippen molar-refractivity contribution in [2.24, 2.45) is 0 Å². The Morgan fingerprint density at radius 2 is 2.12 bits per heavy atom. The predicted octanol–water partition coefficient (Wildman–Crippen LogP) is 2.09. The SMILES string of the molecule is C=CC(=O)N1CCCCC1CC1CCCCN1. The molecule has 1 amide bonds. The molecule has 0 aromatic carbocycles. The molecule has 3 nitrogen and oxygen atoms in total. The van der Waals surface area contributed by atoms with E-state index in [1.165, 1.54) is 31.8 Å². The Balaban J connectivity index is 1.91. The minimum atomic E-state index is 0.116. The molecule has 2 unspecified atom stereocenters. The number of amides is 1. The van der Waals surface area contributed by atoms with Crippen LogP contribution in [0.25, 0.3) is 0 Å². The number of hydrogen-bond donors (Lipinski definition) is 1. The Bertz CT molecular complexity index is 271. The minimum absolute atomic E-state index is 0.116. The average molecular weight is 236 g/mol. The molecule has 0 aromatic rings. The lowest BCUT2D eigenvalue weighted by Gasteiger charge is -2.38. The fourth-order valence-electron chi connectivity index (χ4n) is 3.11. The van der Waals surface area contributed by atoms with Crippen LogP contribution in [0.15, 0.2) is 12.7 Å². The fraction of sp³-hybridized carbons (Fsp3) is 0.786. The van der Waals surface area contributed by atoms with Crippen molar-refractivity contribution >= 4 is 5.91 Å². The topological polar surface area (TPSA) is 32.3 Å². The van der Waals surface area contributed by atoms with Gasteiger partial charge in [0.2, 0.25) is 5.91 Å². The summed E-state index contributed by atoms with van der Waals surface area (Å²) in [6, 6.07) is 1.05. The smallest absolute Gasteiger partial charge is 0.246 e. The van der Waals surface area contributed by atoms with Gasteiger partial charge in [0.05, 0.1) is 0 Å². The van der Waals surface area contributed by atoms with Gasteiger partial charge in [-0.3, -0.25) is 4.79 Å². The molecule has 2 atom stereocenters. The van der Waals surface area contributed by atoms with E-state index in [2.05, 4.69) is 11.9 Å². The highest BCUT2D eigenvalue weighted by molar-refractivity contribution is 5.87. The second-order valence-electron chi connectivity index (χ2n) is 5.27. The van der Waals surface area contributed by atoms with E-state index >= 15 is 0 Å². The standard InChI is InChI=1S/C14H24N2O/c1-2-14(17)16-10-6-4-8-13(16)11-12-7-3-5-9-15-12/h2,12-13,15H,1,3-11H2. The summed E-state index contributed by atoms with van der Waals surface area (Å²) >= 11 is 0. The number of hydrogen-bond acceptors (Lipinski definition) is 2. The molecule has 96 valence electrons. The molecule has 0 radical (unpaired) electrons. The molecule has 0 aliphatic carbocycles. The van der Waals surface area contributed by atoms with Gasteiger partial charge >= 0.3 is 0 Å². The van der Waals surface area contributed by atoms with Crippen LogP contribution in [-0.2, 0) is 4.79 Å². The van der Waals surface area contributed by atoms with Crippen LogP contribution < -0.4 is 5.32 Å². The van der Waals surface area contributed by atoms with E-state index in [0.717, 1.165) is 32.4 Å². The Morgan fingerprint density at radius 3 is 2.82 bits per heavy atom. The van der Waals surface area contributed by atoms with Crippen molar-refractivity contribution in [1.82, 2.24) is 10.2 Å². The van der Waals surface area contributed by atoms with Crippen LogP contribution in [0.4, 0.5) is 0 Å². The number of carbonyl (C=O) groups is 1. The second kappa shape index (κ2) is 6.20. The number of rotatable bonds is 3. The summed E-state index contributed by atoms with van der Waals surface area (Å²) in [4.78, 5) is 13.8. The molecule has 2 aliphatic rings. The maximum Gasteiger partial charge on any atom is 0.246 e. The van der Waals surface area contributed by atoms with Gasteiger partial charge in [0, 0.05) is 18.6 Å². The quantitative estimate of drug-likeness (QED) is 0.761. The number of nitrogens with one attached hydrogen (secondary N) is 1. The molecule has 0 spiro atoms. The summed E-state index contributed by atoms with van der Waals surface area (Å²) in [6.07, 6.45) is 10.1. The number of likely N-dealkylation sites (tertiary alicyclic amines) is 1. The molecule has 2 heterocycles. The highest BCUT2D eigenvalue weighted by atomic mass is 16.2. The largest absolute Gasteiger partial charge is 0.336 e. The number of carbonyl (C=O) groups excluding carboxylic acids is 1. The summed E-state index contributed by atoms with van der Waals surface area (Å²) in [5, 5.41) is 3.58. The van der Waals surface area contributed by atoms with Crippen LogP contribution >= 0.6 is 0 Å². The third-order valence-electron chi connectivity index (χ3n) is 4.05. The van der Waals surface area contributed by atoms with Gasteiger partial charge in [-0.15, -0.1) is 0 Å². The van der Waals surface area contributed by atoms with E-state index < -0.39 is 0 Å². The van der Waals surface area contributed by atoms with Crippen LogP contribution in [0.5, 0.6) is 0 Å². The molecule has 0 aromatic heterocycles. The summed E-state index contributed by atoms with van der Waals surface area (Å²) in [6.45, 7) is 5.67. The van der Waals surface area contributed by atoms with Crippen LogP contribution in [0, 0.1) is 0 Å². The molecule has 17 heavy (non-hydrogen) atoms. The van der Waals surface area contributed by atoms with Gasteiger partial charge in [-0.25, -0.2) is 0 Å². The van der Waals surface area contributed by atoms with Crippen LogP contribution in [0.3, 0.4) is 0 Å². The summed E-state index contributed by atoms with van der Waals surface area (Å²) in [7, 11) is 0. The van der Waals surface area contributed by atoms with Gasteiger partial charge in [-0.2, -0.15) is 0 Å². The monoisotopic (exact) mass is 236 g/mol. The highest BCUT2D eigenvalue weighted by Crippen LogP contribution is 2.23. The second-order valence-corrected chi connectivity index (χ2v) is 5.27. The first-order valence-electron chi connectivity index (χ1n) is 6.97. The molecular formula is C14H24N2O. The highest BCUT2D eigenvalue weighted by Gasteiger charge is 2.27. The number of nitrogens with zero attached hydrogens (tertiary/aromatic N) is 1. The van der Waals surface area contributed by atoms with E-state index in [1.54, 1.807) is 0 Å². The van der Waals surface area contributed by atoms with Gasteiger partial charge in [0.25, 0.3) is 0 Å². The van der Waals surface area contributed by atoms with E-state index in [9.17, 15) is 4.79 Å². The summed E-state index contributed by atoms with van der Waals surface area (Å²) in [5.74, 6) is 0.116. The lowest BCUT2D eigenvalue weighted by molar-refractivity contribution is -0.129. The third kappa shape index (κ3) is 3.32. The Kier molecular flexibility index (Phi) is 4.60. The first-order valence-corrected chi connectivity index (χ1v) is 6.97. The lowest BCUT2D eigenvalue weighted by Crippen LogP contribution is -2.47. The molecule has 0 bridgehead atoms. The van der Waals surface area contributed by atoms with Crippen molar-refractivity contribution in [2.45, 2.75) is 57.0 Å². The van der Waals surface area contributed by atoms with Gasteiger partial charge in [0.1, 0.15) is 0 Å². The Labute approximate surface area is 104 Å². The van der Waals surface area contributed by atoms with Crippen molar-refractivity contribution in [3.63, 3.8) is 0 Å². The van der Waals surface area contributed by atoms with Crippen molar-refractivity contribution < 1.29 is 4.79 Å². The number of piperidine rings is 2. The normalized spacial score (nSPS) is 30.0. The summed E-state index contributed by atoms with van der Waals surface area (Å²) < 4.78 is 0. The van der Waals surface area contributed by atoms with E-state index in [-0.39, 0.29) is 5.91 Å². The van der Waals surface area contributed by atoms with Crippen LogP contribution in [0.2, 0.25) is 0 Å². The van der Waals surface area contributed by atoms with Crippen molar-refractivity contribution in [2.75, 3.05) is 13.1 Å². The fourth-order valence-corrected chi connectivity index (χ4v) is 3.11. The van der Waals surface area contributed by atoms with Crippen LogP contribution in [0.1, 0.15) is 44.9 Å². The third-order valence-corrected chi connectivity index (χ3v) is 4.05. The van der Waals surface area contributed by atoms with Gasteiger partial charge < -0.3 is 10.2 Å². The molecule has 2 aliphatic heterocycles. The van der Waals surface area contributed by atoms with Crippen molar-refractivity contribution in [1.29, 1.82) is 0 Å². The average Bonchev–Trinajstić information content (AvgIpc) is 2.40. The predicted molar refractivity (Wildman–Crippen MR) is 69.8 cm³/mol. The maximum atomic E-state index is 11.8. The minimum Gasteiger partial charge on any atom is -0.336 e. The zero-order valence-corrected chi connectivity index (χ0v) is 10.7. The molecule has 2 fully saturated rings. The zero-order chi connectivity index (χ0) is 12.1. The van der Waals surface area contributed by atoms with Gasteiger partial charge in [0.15, 0.2) is 0 Å². The van der Waals surface area contributed by atoms with Gasteiger partial charge in [-0.1, -0.05) is 13.0 Å². The van der Waals surface area contributed by atoms with Crippen molar-refractivity contribution in [3.8, 4) is 0 Å². The molecule has 2 rings (SSSR count). The Morgan fingerprint density at radius 1 is 1.29 bits per heavy atom. The Hall–Kier alpha value is -0.830. The molecule has 2 saturated heterocycles. The van der Waals surface area contributed by atoms with Crippen LogP contribution in [-0.4, -0.2) is 36.0 Å². The van der Waals surface area contributed by atoms with Crippen molar-refractivity contribution in [3.05, 3.63) is 12.7 Å². The zero-order valence-electron chi connectivity index (χ0n) is 10.7. The summed E-state index contributed by atoms with van der Waals surface area (Å²) in [5.41, 5.74) is 0. The van der Waals surface area contributed by atoms with Gasteiger partial charge in [-0.05, 0) is 51.1 Å². The lowest BCUT2D eigenvalue weighted by atomic mass is 9.92. The molecule has 3 heteroatoms. The van der Waals surface area contributed by atoms with E-state index in [1.807, 2.05) is 4.90 Å². The maximum absolute atomic E-state index is 11.8. The van der Waals surface area contributed by atoms with E-state index in [4.69, 9.17) is 0 Å². The molecule has 1 N–H and O–H groups in total. The first-order chi connectivity index (χ1) is 8.31. The van der Waals surface area contributed by atoms with E-state index in [0.29, 0.717) is 12.1 Å². The first kappa shape index (κ1) is 12.6.